The summed E-state index contributed by atoms with van der Waals surface area (Å²) in [5.41, 5.74) is 10.8. The number of anilines is 1. The van der Waals surface area contributed by atoms with Crippen molar-refractivity contribution >= 4 is 39.0 Å². The van der Waals surface area contributed by atoms with Gasteiger partial charge in [-0.25, -0.2) is 9.97 Å². The largest absolute Gasteiger partial charge is 0.375 e. The first-order chi connectivity index (χ1) is 11.6. The minimum Gasteiger partial charge on any atom is -0.375 e. The van der Waals surface area contributed by atoms with Crippen LogP contribution in [0.2, 0.25) is 5.02 Å². The van der Waals surface area contributed by atoms with E-state index in [-0.39, 0.29) is 0 Å². The number of benzene rings is 2. The Balaban J connectivity index is 2.04. The van der Waals surface area contributed by atoms with Crippen LogP contribution in [-0.4, -0.2) is 9.97 Å². The molecule has 2 N–H and O–H groups in total. The summed E-state index contributed by atoms with van der Waals surface area (Å²) < 4.78 is 0. The molecule has 4 aromatic rings. The second-order valence-electron chi connectivity index (χ2n) is 5.55. The quantitative estimate of drug-likeness (QED) is 0.513. The maximum atomic E-state index is 6.21. The van der Waals surface area contributed by atoms with Gasteiger partial charge >= 0.3 is 0 Å². The van der Waals surface area contributed by atoms with Crippen molar-refractivity contribution in [3.63, 3.8) is 0 Å². The van der Waals surface area contributed by atoms with E-state index in [9.17, 15) is 0 Å². The molecule has 4 rings (SSSR count). The molecule has 2 aromatic carbocycles. The van der Waals surface area contributed by atoms with Crippen molar-refractivity contribution in [3.8, 4) is 21.7 Å². The van der Waals surface area contributed by atoms with E-state index in [1.54, 1.807) is 0 Å². The fourth-order valence-electron chi connectivity index (χ4n) is 2.83. The van der Waals surface area contributed by atoms with Crippen molar-refractivity contribution in [2.24, 2.45) is 0 Å². The number of nitrogens with two attached hydrogens (primary N) is 1. The average Bonchev–Trinajstić information content (AvgIpc) is 2.93. The average molecular weight is 352 g/mol. The minimum absolute atomic E-state index is 0.557. The Morgan fingerprint density at radius 3 is 2.50 bits per heavy atom. The molecule has 0 atom stereocenters. The van der Waals surface area contributed by atoms with Crippen LogP contribution in [0.15, 0.2) is 54.6 Å². The summed E-state index contributed by atoms with van der Waals surface area (Å²) in [6.45, 7) is 1.96. The first-order valence-corrected chi connectivity index (χ1v) is 8.70. The topological polar surface area (TPSA) is 51.8 Å². The van der Waals surface area contributed by atoms with Gasteiger partial charge in [-0.3, -0.25) is 0 Å². The lowest BCUT2D eigenvalue weighted by molar-refractivity contribution is 1.26. The summed E-state index contributed by atoms with van der Waals surface area (Å²) in [5, 5.41) is 2.29. The smallest absolute Gasteiger partial charge is 0.180 e. The molecule has 0 amide bonds. The molecule has 0 bridgehead atoms. The number of aryl methyl sites for hydroxylation is 1. The van der Waals surface area contributed by atoms with Crippen LogP contribution in [0.3, 0.4) is 0 Å². The fraction of sp³-hybridized carbons (Fsp3) is 0.0526. The molecule has 3 nitrogen and oxygen atoms in total. The van der Waals surface area contributed by atoms with Crippen LogP contribution in [0.5, 0.6) is 0 Å². The molecular weight excluding hydrogens is 338 g/mol. The van der Waals surface area contributed by atoms with Gasteiger partial charge in [0.1, 0.15) is 0 Å². The molecule has 0 aliphatic rings. The zero-order valence-electron chi connectivity index (χ0n) is 13.0. The third kappa shape index (κ3) is 2.64. The van der Waals surface area contributed by atoms with E-state index in [1.807, 2.05) is 43.3 Å². The van der Waals surface area contributed by atoms with Gasteiger partial charge in [-0.05, 0) is 42.3 Å². The highest BCUT2D eigenvalue weighted by Gasteiger charge is 2.14. The number of nitrogen functional groups attached to an aromatic ring is 1. The number of aromatic nitrogens is 2. The van der Waals surface area contributed by atoms with Gasteiger partial charge in [-0.2, -0.15) is 0 Å². The van der Waals surface area contributed by atoms with Crippen LogP contribution in [0, 0.1) is 6.92 Å². The van der Waals surface area contributed by atoms with E-state index < -0.39 is 0 Å². The Labute approximate surface area is 148 Å². The Hall–Kier alpha value is -2.43. The van der Waals surface area contributed by atoms with E-state index in [1.165, 1.54) is 11.3 Å². The number of thiazole rings is 1. The maximum Gasteiger partial charge on any atom is 0.180 e. The maximum absolute atomic E-state index is 6.21. The number of fused-ring (bicyclic) bond motifs is 1. The molecule has 0 unspecified atom stereocenters. The number of rotatable bonds is 2. The Morgan fingerprint density at radius 1 is 1.00 bits per heavy atom. The van der Waals surface area contributed by atoms with Crippen LogP contribution >= 0.6 is 22.9 Å². The van der Waals surface area contributed by atoms with Crippen molar-refractivity contribution in [2.45, 2.75) is 6.92 Å². The Morgan fingerprint density at radius 2 is 1.79 bits per heavy atom. The lowest BCUT2D eigenvalue weighted by atomic mass is 9.99. The van der Waals surface area contributed by atoms with Gasteiger partial charge in [0.05, 0.1) is 21.8 Å². The lowest BCUT2D eigenvalue weighted by Crippen LogP contribution is -1.90. The molecule has 24 heavy (non-hydrogen) atoms. The number of nitrogens with zero attached hydrogens (tertiary/aromatic N) is 2. The predicted octanol–water partition coefficient (Wildman–Crippen LogP) is 5.57. The second kappa shape index (κ2) is 5.89. The van der Waals surface area contributed by atoms with Gasteiger partial charge in [-0.1, -0.05) is 53.3 Å². The van der Waals surface area contributed by atoms with E-state index in [4.69, 9.17) is 22.3 Å². The summed E-state index contributed by atoms with van der Waals surface area (Å²) in [4.78, 5) is 10.1. The van der Waals surface area contributed by atoms with Gasteiger partial charge < -0.3 is 5.73 Å². The molecule has 0 saturated carbocycles. The number of hydrogen-bond acceptors (Lipinski definition) is 4. The van der Waals surface area contributed by atoms with Gasteiger partial charge in [0.15, 0.2) is 5.13 Å². The van der Waals surface area contributed by atoms with Crippen molar-refractivity contribution in [2.75, 3.05) is 5.73 Å². The summed E-state index contributed by atoms with van der Waals surface area (Å²) in [5.74, 6) is 0. The van der Waals surface area contributed by atoms with Gasteiger partial charge in [-0.15, -0.1) is 0 Å². The molecule has 0 fully saturated rings. The standard InChI is InChI=1S/C19H14ClN3S/c1-11-18(24-19(21)22-11)17-10-14(12-5-3-2-4-6-12)15-9-13(20)7-8-16(15)23-17/h2-10H,1H3,(H2,21,22). The van der Waals surface area contributed by atoms with Gasteiger partial charge in [0, 0.05) is 10.4 Å². The highest BCUT2D eigenvalue weighted by Crippen LogP contribution is 2.36. The van der Waals surface area contributed by atoms with Gasteiger partial charge in [0.25, 0.3) is 0 Å². The van der Waals surface area contributed by atoms with E-state index in [2.05, 4.69) is 23.2 Å². The molecular formula is C19H14ClN3S. The van der Waals surface area contributed by atoms with Gasteiger partial charge in [0.2, 0.25) is 0 Å². The van der Waals surface area contributed by atoms with E-state index in [0.29, 0.717) is 10.2 Å². The van der Waals surface area contributed by atoms with Crippen molar-refractivity contribution < 1.29 is 0 Å². The van der Waals surface area contributed by atoms with Crippen molar-refractivity contribution in [3.05, 3.63) is 65.3 Å². The molecule has 118 valence electrons. The number of hydrogen-bond donors (Lipinski definition) is 1. The van der Waals surface area contributed by atoms with E-state index in [0.717, 1.165) is 38.3 Å². The van der Waals surface area contributed by atoms with Crippen LogP contribution in [-0.2, 0) is 0 Å². The molecule has 0 aliphatic carbocycles. The predicted molar refractivity (Wildman–Crippen MR) is 102 cm³/mol. The second-order valence-corrected chi connectivity index (χ2v) is 7.02. The van der Waals surface area contributed by atoms with Crippen LogP contribution in [0.1, 0.15) is 5.69 Å². The molecule has 0 spiro atoms. The molecule has 2 heterocycles. The Kier molecular flexibility index (Phi) is 3.71. The molecule has 0 saturated heterocycles. The summed E-state index contributed by atoms with van der Waals surface area (Å²) in [6, 6.07) is 18.1. The number of pyridine rings is 1. The first-order valence-electron chi connectivity index (χ1n) is 7.51. The highest BCUT2D eigenvalue weighted by molar-refractivity contribution is 7.18. The third-order valence-corrected chi connectivity index (χ3v) is 5.15. The zero-order chi connectivity index (χ0) is 16.7. The van der Waals surface area contributed by atoms with Crippen LogP contribution < -0.4 is 5.73 Å². The summed E-state index contributed by atoms with van der Waals surface area (Å²) in [7, 11) is 0. The molecule has 0 aliphatic heterocycles. The minimum atomic E-state index is 0.557. The Bertz CT molecular complexity index is 1040. The van der Waals surface area contributed by atoms with Crippen molar-refractivity contribution in [1.82, 2.24) is 9.97 Å². The monoisotopic (exact) mass is 351 g/mol. The van der Waals surface area contributed by atoms with Crippen LogP contribution in [0.4, 0.5) is 5.13 Å². The van der Waals surface area contributed by atoms with Crippen molar-refractivity contribution in [1.29, 1.82) is 0 Å². The first kappa shape index (κ1) is 15.1. The fourth-order valence-corrected chi connectivity index (χ4v) is 3.79. The summed E-state index contributed by atoms with van der Waals surface area (Å²) >= 11 is 7.67. The SMILES string of the molecule is Cc1nc(N)sc1-c1cc(-c2ccccc2)c2cc(Cl)ccc2n1. The zero-order valence-corrected chi connectivity index (χ0v) is 14.5. The lowest BCUT2D eigenvalue weighted by Gasteiger charge is -2.10. The normalized spacial score (nSPS) is 11.1. The molecule has 5 heteroatoms. The van der Waals surface area contributed by atoms with E-state index >= 15 is 0 Å². The van der Waals surface area contributed by atoms with Crippen LogP contribution in [0.25, 0.3) is 32.6 Å². The third-order valence-electron chi connectivity index (χ3n) is 3.90. The summed E-state index contributed by atoms with van der Waals surface area (Å²) in [6.07, 6.45) is 0. The number of halogens is 1. The molecule has 0 radical (unpaired) electrons. The molecule has 2 aromatic heterocycles. The highest BCUT2D eigenvalue weighted by atomic mass is 35.5.